The maximum atomic E-state index is 13.6. The topological polar surface area (TPSA) is 71.3 Å². The van der Waals surface area contributed by atoms with Gasteiger partial charge in [0.15, 0.2) is 5.65 Å². The predicted molar refractivity (Wildman–Crippen MR) is 102 cm³/mol. The van der Waals surface area contributed by atoms with E-state index in [4.69, 9.17) is 0 Å². The number of pyridine rings is 1. The molecular weight excluding hydrogens is 364 g/mol. The lowest BCUT2D eigenvalue weighted by atomic mass is 10.1. The summed E-state index contributed by atoms with van der Waals surface area (Å²) in [5, 5.41) is 10.2. The van der Waals surface area contributed by atoms with Crippen LogP contribution in [0.25, 0.3) is 16.9 Å². The largest absolute Gasteiger partial charge is 0.326 e. The lowest BCUT2D eigenvalue weighted by Crippen LogP contribution is -2.05. The van der Waals surface area contributed by atoms with Gasteiger partial charge in [0, 0.05) is 29.9 Å². The summed E-state index contributed by atoms with van der Waals surface area (Å²) in [7, 11) is 0. The van der Waals surface area contributed by atoms with Crippen molar-refractivity contribution in [2.45, 2.75) is 6.92 Å². The smallest absolute Gasteiger partial charge is 0.247 e. The average molecular weight is 379 g/mol. The average Bonchev–Trinajstić information content (AvgIpc) is 3.04. The summed E-state index contributed by atoms with van der Waals surface area (Å²) in [6.45, 7) is 1.44. The molecular formula is C20H15F2N5O. The minimum atomic E-state index is -0.662. The van der Waals surface area contributed by atoms with Crippen molar-refractivity contribution in [3.05, 3.63) is 72.3 Å². The second-order valence-corrected chi connectivity index (χ2v) is 6.16. The number of carbonyl (C=O) groups is 1. The Balaban J connectivity index is 1.66. The van der Waals surface area contributed by atoms with Gasteiger partial charge in [-0.2, -0.15) is 4.98 Å². The van der Waals surface area contributed by atoms with Crippen LogP contribution in [0.2, 0.25) is 0 Å². The van der Waals surface area contributed by atoms with Crippen molar-refractivity contribution in [2.75, 3.05) is 10.6 Å². The first-order chi connectivity index (χ1) is 13.5. The standard InChI is InChI=1S/C20H15F2N5O/c1-12(28)23-16-5-7-17(8-6-16)24-20-25-19-4-2-3-18(27(19)26-20)13-9-14(21)11-15(22)10-13/h2-11H,1H3,(H,23,28)(H,24,26). The van der Waals surface area contributed by atoms with Gasteiger partial charge in [-0.05, 0) is 48.5 Å². The molecule has 4 aromatic rings. The summed E-state index contributed by atoms with van der Waals surface area (Å²) >= 11 is 0. The molecule has 0 aliphatic carbocycles. The third kappa shape index (κ3) is 3.66. The molecule has 0 aliphatic rings. The molecule has 28 heavy (non-hydrogen) atoms. The molecule has 0 atom stereocenters. The maximum absolute atomic E-state index is 13.6. The monoisotopic (exact) mass is 379 g/mol. The number of fused-ring (bicyclic) bond motifs is 1. The van der Waals surface area contributed by atoms with Crippen molar-refractivity contribution in [1.82, 2.24) is 14.6 Å². The molecule has 140 valence electrons. The second kappa shape index (κ2) is 7.07. The Morgan fingerprint density at radius 3 is 2.32 bits per heavy atom. The number of hydrogen-bond acceptors (Lipinski definition) is 4. The van der Waals surface area contributed by atoms with Crippen LogP contribution in [0, 0.1) is 11.6 Å². The van der Waals surface area contributed by atoms with E-state index in [-0.39, 0.29) is 5.91 Å². The normalized spacial score (nSPS) is 10.8. The van der Waals surface area contributed by atoms with E-state index in [1.54, 1.807) is 42.5 Å². The molecule has 1 amide bonds. The van der Waals surface area contributed by atoms with Gasteiger partial charge >= 0.3 is 0 Å². The van der Waals surface area contributed by atoms with Crippen molar-refractivity contribution in [1.29, 1.82) is 0 Å². The van der Waals surface area contributed by atoms with E-state index >= 15 is 0 Å². The van der Waals surface area contributed by atoms with Crippen LogP contribution in [0.1, 0.15) is 6.92 Å². The number of amides is 1. The van der Waals surface area contributed by atoms with E-state index in [1.165, 1.54) is 23.6 Å². The fourth-order valence-corrected chi connectivity index (χ4v) is 2.85. The Labute approximate surface area is 158 Å². The first-order valence-corrected chi connectivity index (χ1v) is 8.45. The summed E-state index contributed by atoms with van der Waals surface area (Å²) in [6, 6.07) is 15.6. The third-order valence-corrected chi connectivity index (χ3v) is 3.98. The van der Waals surface area contributed by atoms with Crippen LogP contribution in [0.5, 0.6) is 0 Å². The Morgan fingerprint density at radius 1 is 0.964 bits per heavy atom. The zero-order chi connectivity index (χ0) is 19.7. The van der Waals surface area contributed by atoms with Gasteiger partial charge in [-0.15, -0.1) is 5.10 Å². The number of halogens is 2. The second-order valence-electron chi connectivity index (χ2n) is 6.16. The van der Waals surface area contributed by atoms with E-state index in [0.29, 0.717) is 28.5 Å². The van der Waals surface area contributed by atoms with E-state index in [9.17, 15) is 13.6 Å². The molecule has 0 spiro atoms. The van der Waals surface area contributed by atoms with Crippen LogP contribution in [0.3, 0.4) is 0 Å². The molecule has 2 aromatic heterocycles. The van der Waals surface area contributed by atoms with E-state index in [0.717, 1.165) is 11.8 Å². The number of aromatic nitrogens is 3. The van der Waals surface area contributed by atoms with Crippen LogP contribution in [-0.2, 0) is 4.79 Å². The number of hydrogen-bond donors (Lipinski definition) is 2. The summed E-state index contributed by atoms with van der Waals surface area (Å²) < 4.78 is 28.7. The number of rotatable bonds is 4. The van der Waals surface area contributed by atoms with Crippen molar-refractivity contribution in [3.63, 3.8) is 0 Å². The molecule has 8 heteroatoms. The fraction of sp³-hybridized carbons (Fsp3) is 0.0500. The molecule has 0 unspecified atom stereocenters. The van der Waals surface area contributed by atoms with Crippen molar-refractivity contribution >= 4 is 28.9 Å². The minimum Gasteiger partial charge on any atom is -0.326 e. The molecule has 4 rings (SSSR count). The Hall–Kier alpha value is -3.81. The van der Waals surface area contributed by atoms with Gasteiger partial charge < -0.3 is 10.6 Å². The fourth-order valence-electron chi connectivity index (χ4n) is 2.85. The van der Waals surface area contributed by atoms with Crippen LogP contribution < -0.4 is 10.6 Å². The van der Waals surface area contributed by atoms with Gasteiger partial charge in [-0.3, -0.25) is 4.79 Å². The number of benzene rings is 2. The molecule has 2 N–H and O–H groups in total. The molecule has 2 heterocycles. The van der Waals surface area contributed by atoms with Crippen molar-refractivity contribution in [2.24, 2.45) is 0 Å². The number of carbonyl (C=O) groups excluding carboxylic acids is 1. The lowest BCUT2D eigenvalue weighted by Gasteiger charge is -2.05. The van der Waals surface area contributed by atoms with Gasteiger partial charge in [0.05, 0.1) is 5.69 Å². The van der Waals surface area contributed by atoms with E-state index in [2.05, 4.69) is 20.7 Å². The molecule has 2 aromatic carbocycles. The van der Waals surface area contributed by atoms with Gasteiger partial charge in [0.2, 0.25) is 11.9 Å². The molecule has 0 aliphatic heterocycles. The molecule has 0 radical (unpaired) electrons. The van der Waals surface area contributed by atoms with E-state index in [1.807, 2.05) is 0 Å². The molecule has 0 saturated carbocycles. The summed E-state index contributed by atoms with van der Waals surface area (Å²) in [5.74, 6) is -1.14. The quantitative estimate of drug-likeness (QED) is 0.552. The van der Waals surface area contributed by atoms with Gasteiger partial charge in [-0.25, -0.2) is 13.3 Å². The Morgan fingerprint density at radius 2 is 1.64 bits per heavy atom. The Bertz CT molecular complexity index is 1150. The highest BCUT2D eigenvalue weighted by Crippen LogP contribution is 2.24. The highest BCUT2D eigenvalue weighted by atomic mass is 19.1. The van der Waals surface area contributed by atoms with Crippen LogP contribution in [0.15, 0.2) is 60.7 Å². The SMILES string of the molecule is CC(=O)Nc1ccc(Nc2nc3cccc(-c4cc(F)cc(F)c4)n3n2)cc1. The number of anilines is 3. The minimum absolute atomic E-state index is 0.149. The lowest BCUT2D eigenvalue weighted by molar-refractivity contribution is -0.114. The first-order valence-electron chi connectivity index (χ1n) is 8.45. The predicted octanol–water partition coefficient (Wildman–Crippen LogP) is 4.38. The molecule has 0 fully saturated rings. The molecule has 0 bridgehead atoms. The van der Waals surface area contributed by atoms with E-state index < -0.39 is 11.6 Å². The zero-order valence-corrected chi connectivity index (χ0v) is 14.8. The zero-order valence-electron chi connectivity index (χ0n) is 14.8. The maximum Gasteiger partial charge on any atom is 0.247 e. The van der Waals surface area contributed by atoms with Crippen LogP contribution in [-0.4, -0.2) is 20.5 Å². The number of nitrogens with one attached hydrogen (secondary N) is 2. The summed E-state index contributed by atoms with van der Waals surface area (Å²) in [5.41, 5.74) is 2.80. The summed E-state index contributed by atoms with van der Waals surface area (Å²) in [4.78, 5) is 15.5. The van der Waals surface area contributed by atoms with Gasteiger partial charge in [0.1, 0.15) is 11.6 Å². The van der Waals surface area contributed by atoms with Gasteiger partial charge in [0.25, 0.3) is 0 Å². The van der Waals surface area contributed by atoms with Crippen molar-refractivity contribution < 1.29 is 13.6 Å². The van der Waals surface area contributed by atoms with Crippen molar-refractivity contribution in [3.8, 4) is 11.3 Å². The number of nitrogens with zero attached hydrogens (tertiary/aromatic N) is 3. The van der Waals surface area contributed by atoms with Crippen LogP contribution >= 0.6 is 0 Å². The van der Waals surface area contributed by atoms with Gasteiger partial charge in [-0.1, -0.05) is 6.07 Å². The highest BCUT2D eigenvalue weighted by Gasteiger charge is 2.11. The molecule has 6 nitrogen and oxygen atoms in total. The third-order valence-electron chi connectivity index (χ3n) is 3.98. The Kier molecular flexibility index (Phi) is 4.44. The first kappa shape index (κ1) is 17.6. The molecule has 0 saturated heterocycles. The van der Waals surface area contributed by atoms with Crippen LogP contribution in [0.4, 0.5) is 26.1 Å². The summed E-state index contributed by atoms with van der Waals surface area (Å²) in [6.07, 6.45) is 0. The highest BCUT2D eigenvalue weighted by molar-refractivity contribution is 5.88.